The average Bonchev–Trinajstić information content (AvgIpc) is 2.81. The zero-order valence-corrected chi connectivity index (χ0v) is 13.0. The average molecular weight is 308 g/mol. The minimum atomic E-state index is 0.846. The normalized spacial score (nSPS) is 14.1. The highest BCUT2D eigenvalue weighted by Gasteiger charge is 2.20. The molecule has 0 unspecified atom stereocenters. The fourth-order valence-electron chi connectivity index (χ4n) is 2.22. The smallest absolute Gasteiger partial charge is 0.151 e. The molecule has 98 valence electrons. The van der Waals surface area contributed by atoms with Gasteiger partial charge in [-0.1, -0.05) is 53.7 Å². The highest BCUT2D eigenvalue weighted by atomic mass is 35.5. The lowest BCUT2D eigenvalue weighted by Crippen LogP contribution is -2.01. The molecule has 0 radical (unpaired) electrons. The van der Waals surface area contributed by atoms with Gasteiger partial charge in [0, 0.05) is 21.2 Å². The Morgan fingerprint density at radius 1 is 1.42 bits per heavy atom. The molecule has 0 spiro atoms. The standard InChI is InChI=1S/C15H14ClNS2/c1-10(16)8-9-18-15-17-14-12-5-3-2-4-11(12)6-7-13(14)19-15/h2-5,8H,6-7,9H2,1H3. The van der Waals surface area contributed by atoms with Crippen LogP contribution in [0.3, 0.4) is 0 Å². The number of thioether (sulfide) groups is 1. The fraction of sp³-hybridized carbons (Fsp3) is 0.267. The molecule has 0 fully saturated rings. The number of allylic oxidation sites excluding steroid dienone is 1. The van der Waals surface area contributed by atoms with Crippen molar-refractivity contribution in [2.45, 2.75) is 24.1 Å². The van der Waals surface area contributed by atoms with Gasteiger partial charge in [0.1, 0.15) is 0 Å². The summed E-state index contributed by atoms with van der Waals surface area (Å²) in [6.45, 7) is 1.91. The third-order valence-electron chi connectivity index (χ3n) is 3.14. The van der Waals surface area contributed by atoms with E-state index in [-0.39, 0.29) is 0 Å². The number of rotatable bonds is 3. The molecule has 0 N–H and O–H groups in total. The quantitative estimate of drug-likeness (QED) is 0.728. The van der Waals surface area contributed by atoms with E-state index < -0.39 is 0 Å². The molecule has 2 aromatic rings. The van der Waals surface area contributed by atoms with E-state index in [0.29, 0.717) is 0 Å². The van der Waals surface area contributed by atoms with E-state index in [4.69, 9.17) is 16.6 Å². The van der Waals surface area contributed by atoms with E-state index in [1.54, 1.807) is 11.8 Å². The molecule has 3 rings (SSSR count). The van der Waals surface area contributed by atoms with Gasteiger partial charge in [0.2, 0.25) is 0 Å². The summed E-state index contributed by atoms with van der Waals surface area (Å²) in [5.41, 5.74) is 3.94. The Balaban J connectivity index is 1.86. The van der Waals surface area contributed by atoms with Crippen molar-refractivity contribution in [3.63, 3.8) is 0 Å². The monoisotopic (exact) mass is 307 g/mol. The van der Waals surface area contributed by atoms with E-state index in [0.717, 1.165) is 28.0 Å². The predicted octanol–water partition coefficient (Wildman–Crippen LogP) is 5.14. The van der Waals surface area contributed by atoms with Crippen LogP contribution < -0.4 is 0 Å². The molecule has 0 atom stereocenters. The van der Waals surface area contributed by atoms with E-state index >= 15 is 0 Å². The summed E-state index contributed by atoms with van der Waals surface area (Å²) in [4.78, 5) is 6.22. The molecule has 1 aliphatic rings. The summed E-state index contributed by atoms with van der Waals surface area (Å²) < 4.78 is 1.15. The Hall–Kier alpha value is -0.770. The van der Waals surface area contributed by atoms with Crippen molar-refractivity contribution in [1.29, 1.82) is 0 Å². The van der Waals surface area contributed by atoms with Gasteiger partial charge in [-0.3, -0.25) is 0 Å². The molecule has 0 aliphatic heterocycles. The fourth-order valence-corrected chi connectivity index (χ4v) is 4.56. The van der Waals surface area contributed by atoms with Crippen LogP contribution in [0.5, 0.6) is 0 Å². The van der Waals surface area contributed by atoms with Crippen molar-refractivity contribution < 1.29 is 0 Å². The number of fused-ring (bicyclic) bond motifs is 3. The van der Waals surface area contributed by atoms with Crippen molar-refractivity contribution in [2.75, 3.05) is 5.75 Å². The minimum absolute atomic E-state index is 0.846. The van der Waals surface area contributed by atoms with E-state index in [2.05, 4.69) is 24.3 Å². The Kier molecular flexibility index (Phi) is 3.96. The zero-order chi connectivity index (χ0) is 13.2. The first-order valence-electron chi connectivity index (χ1n) is 6.27. The highest BCUT2D eigenvalue weighted by Crippen LogP contribution is 2.39. The van der Waals surface area contributed by atoms with Crippen molar-refractivity contribution in [3.05, 3.63) is 45.8 Å². The molecule has 1 aromatic heterocycles. The van der Waals surface area contributed by atoms with Crippen molar-refractivity contribution in [3.8, 4) is 11.3 Å². The third-order valence-corrected chi connectivity index (χ3v) is 5.48. The molecule has 1 aliphatic carbocycles. The van der Waals surface area contributed by atoms with Gasteiger partial charge < -0.3 is 0 Å². The molecule has 1 aromatic carbocycles. The SMILES string of the molecule is CC(Cl)=CCSc1nc2c(s1)CCc1ccccc1-2. The van der Waals surface area contributed by atoms with Crippen LogP contribution in [0.4, 0.5) is 0 Å². The number of aromatic nitrogens is 1. The Morgan fingerprint density at radius 2 is 2.26 bits per heavy atom. The second kappa shape index (κ2) is 5.70. The molecule has 0 amide bonds. The van der Waals surface area contributed by atoms with Crippen LogP contribution in [-0.4, -0.2) is 10.7 Å². The maximum Gasteiger partial charge on any atom is 0.151 e. The highest BCUT2D eigenvalue weighted by molar-refractivity contribution is 8.01. The molecule has 0 bridgehead atoms. The summed E-state index contributed by atoms with van der Waals surface area (Å²) >= 11 is 9.44. The van der Waals surface area contributed by atoms with E-state index in [1.165, 1.54) is 21.7 Å². The van der Waals surface area contributed by atoms with Gasteiger partial charge in [0.25, 0.3) is 0 Å². The van der Waals surface area contributed by atoms with Crippen molar-refractivity contribution >= 4 is 34.7 Å². The number of aryl methyl sites for hydroxylation is 2. The maximum absolute atomic E-state index is 5.84. The van der Waals surface area contributed by atoms with Gasteiger partial charge in [0.15, 0.2) is 4.34 Å². The van der Waals surface area contributed by atoms with Gasteiger partial charge in [-0.2, -0.15) is 0 Å². The van der Waals surface area contributed by atoms with Crippen LogP contribution in [0.1, 0.15) is 17.4 Å². The zero-order valence-electron chi connectivity index (χ0n) is 10.6. The largest absolute Gasteiger partial charge is 0.229 e. The summed E-state index contributed by atoms with van der Waals surface area (Å²) in [6, 6.07) is 8.61. The number of halogens is 1. The first-order valence-corrected chi connectivity index (χ1v) is 8.45. The number of hydrogen-bond acceptors (Lipinski definition) is 3. The molecule has 4 heteroatoms. The van der Waals surface area contributed by atoms with Gasteiger partial charge in [-0.05, 0) is 25.3 Å². The van der Waals surface area contributed by atoms with Gasteiger partial charge >= 0.3 is 0 Å². The third kappa shape index (κ3) is 2.88. The van der Waals surface area contributed by atoms with Gasteiger partial charge in [0.05, 0.1) is 5.69 Å². The number of benzene rings is 1. The minimum Gasteiger partial charge on any atom is -0.229 e. The molecule has 1 nitrogen and oxygen atoms in total. The second-order valence-corrected chi connectivity index (χ2v) is 7.46. The summed E-state index contributed by atoms with van der Waals surface area (Å²) in [5, 5.41) is 0.846. The maximum atomic E-state index is 5.84. The van der Waals surface area contributed by atoms with Crippen LogP contribution in [0.25, 0.3) is 11.3 Å². The first kappa shape index (κ1) is 13.2. The number of hydrogen-bond donors (Lipinski definition) is 0. The van der Waals surface area contributed by atoms with Crippen LogP contribution in [-0.2, 0) is 12.8 Å². The Bertz CT molecular complexity index is 627. The number of thiazole rings is 1. The Morgan fingerprint density at radius 3 is 3.11 bits per heavy atom. The van der Waals surface area contributed by atoms with Crippen LogP contribution in [0.2, 0.25) is 0 Å². The predicted molar refractivity (Wildman–Crippen MR) is 85.3 cm³/mol. The van der Waals surface area contributed by atoms with E-state index in [1.807, 2.05) is 24.3 Å². The number of nitrogens with zero attached hydrogens (tertiary/aromatic N) is 1. The molecule has 0 saturated carbocycles. The Labute approximate surface area is 126 Å². The van der Waals surface area contributed by atoms with Gasteiger partial charge in [-0.15, -0.1) is 11.3 Å². The van der Waals surface area contributed by atoms with Crippen LogP contribution in [0, 0.1) is 0 Å². The molecular weight excluding hydrogens is 294 g/mol. The van der Waals surface area contributed by atoms with Crippen molar-refractivity contribution in [2.24, 2.45) is 0 Å². The summed E-state index contributed by atoms with van der Waals surface area (Å²) in [7, 11) is 0. The summed E-state index contributed by atoms with van der Waals surface area (Å²) in [5.74, 6) is 0.892. The molecular formula is C15H14ClNS2. The molecule has 0 saturated heterocycles. The second-order valence-electron chi connectivity index (χ2n) is 4.51. The van der Waals surface area contributed by atoms with E-state index in [9.17, 15) is 0 Å². The van der Waals surface area contributed by atoms with Gasteiger partial charge in [-0.25, -0.2) is 4.98 Å². The summed E-state index contributed by atoms with van der Waals surface area (Å²) in [6.07, 6.45) is 4.28. The lowest BCUT2D eigenvalue weighted by atomic mass is 9.94. The molecule has 1 heterocycles. The van der Waals surface area contributed by atoms with Crippen LogP contribution >= 0.6 is 34.7 Å². The molecule has 19 heavy (non-hydrogen) atoms. The van der Waals surface area contributed by atoms with Crippen molar-refractivity contribution in [1.82, 2.24) is 4.98 Å². The van der Waals surface area contributed by atoms with Crippen LogP contribution in [0.15, 0.2) is 39.7 Å². The topological polar surface area (TPSA) is 12.9 Å². The first-order chi connectivity index (χ1) is 9.24. The lowest BCUT2D eigenvalue weighted by Gasteiger charge is -2.13. The lowest BCUT2D eigenvalue weighted by molar-refractivity contribution is 0.953.